The highest BCUT2D eigenvalue weighted by molar-refractivity contribution is 7.71. The zero-order valence-electron chi connectivity index (χ0n) is 15.4. The van der Waals surface area contributed by atoms with E-state index in [2.05, 4.69) is 16.9 Å². The largest absolute Gasteiger partial charge is 0.355 e. The molecule has 1 aromatic carbocycles. The average Bonchev–Trinajstić information content (AvgIpc) is 3.54. The number of hydrogen-bond donors (Lipinski definition) is 2. The van der Waals surface area contributed by atoms with Crippen LogP contribution < -0.4 is 10.2 Å². The number of nitrogens with zero attached hydrogens (tertiary/aromatic N) is 3. The SMILES string of the molecule is CNC(=O)c1ccc(C[NH+](C)Cn2nc(C3CC3)n(C3CC3)c2=S)cc1. The minimum absolute atomic E-state index is 0.0539. The molecule has 0 saturated heterocycles. The van der Waals surface area contributed by atoms with Gasteiger partial charge in [-0.25, -0.2) is 0 Å². The van der Waals surface area contributed by atoms with Crippen LogP contribution in [0.25, 0.3) is 0 Å². The minimum Gasteiger partial charge on any atom is -0.355 e. The van der Waals surface area contributed by atoms with Crippen LogP contribution in [0.4, 0.5) is 0 Å². The Kier molecular flexibility index (Phi) is 4.67. The number of carbonyl (C=O) groups is 1. The second-order valence-corrected chi connectivity index (χ2v) is 7.95. The first kappa shape index (κ1) is 17.4. The first-order valence-corrected chi connectivity index (χ1v) is 9.79. The summed E-state index contributed by atoms with van der Waals surface area (Å²) in [6, 6.07) is 8.38. The fourth-order valence-electron chi connectivity index (χ4n) is 3.41. The zero-order chi connectivity index (χ0) is 18.3. The molecule has 6 nitrogen and oxygen atoms in total. The van der Waals surface area contributed by atoms with Gasteiger partial charge in [0, 0.05) is 30.1 Å². The summed E-state index contributed by atoms with van der Waals surface area (Å²) >= 11 is 5.72. The van der Waals surface area contributed by atoms with E-state index in [0.29, 0.717) is 17.5 Å². The van der Waals surface area contributed by atoms with Gasteiger partial charge >= 0.3 is 0 Å². The number of benzene rings is 1. The van der Waals surface area contributed by atoms with Gasteiger partial charge in [0.1, 0.15) is 12.4 Å². The number of hydrogen-bond acceptors (Lipinski definition) is 3. The van der Waals surface area contributed by atoms with E-state index >= 15 is 0 Å². The molecule has 7 heteroatoms. The number of quaternary nitrogens is 1. The molecule has 1 atom stereocenters. The molecule has 1 amide bonds. The quantitative estimate of drug-likeness (QED) is 0.727. The van der Waals surface area contributed by atoms with Crippen molar-refractivity contribution >= 4 is 18.1 Å². The molecule has 26 heavy (non-hydrogen) atoms. The van der Waals surface area contributed by atoms with Gasteiger partial charge in [-0.1, -0.05) is 12.1 Å². The van der Waals surface area contributed by atoms with Crippen molar-refractivity contribution in [2.45, 2.75) is 50.9 Å². The monoisotopic (exact) mass is 372 g/mol. The first-order chi connectivity index (χ1) is 12.6. The molecule has 2 saturated carbocycles. The van der Waals surface area contributed by atoms with Gasteiger partial charge in [-0.3, -0.25) is 4.79 Å². The second kappa shape index (κ2) is 6.96. The van der Waals surface area contributed by atoms with Gasteiger partial charge in [-0.15, -0.1) is 0 Å². The van der Waals surface area contributed by atoms with Crippen LogP contribution >= 0.6 is 12.2 Å². The number of aromatic nitrogens is 3. The summed E-state index contributed by atoms with van der Waals surface area (Å²) in [4.78, 5) is 13.0. The summed E-state index contributed by atoms with van der Waals surface area (Å²) in [5, 5.41) is 7.51. The predicted octanol–water partition coefficient (Wildman–Crippen LogP) is 1.66. The van der Waals surface area contributed by atoms with Crippen molar-refractivity contribution in [2.24, 2.45) is 0 Å². The third kappa shape index (κ3) is 3.59. The Balaban J connectivity index is 1.45. The maximum absolute atomic E-state index is 11.6. The maximum Gasteiger partial charge on any atom is 0.251 e. The van der Waals surface area contributed by atoms with E-state index in [0.717, 1.165) is 18.0 Å². The van der Waals surface area contributed by atoms with Crippen molar-refractivity contribution in [1.29, 1.82) is 0 Å². The Bertz CT molecular complexity index is 861. The molecule has 1 unspecified atom stereocenters. The molecule has 0 spiro atoms. The van der Waals surface area contributed by atoms with Crippen molar-refractivity contribution in [1.82, 2.24) is 19.7 Å². The smallest absolute Gasteiger partial charge is 0.251 e. The van der Waals surface area contributed by atoms with E-state index in [1.165, 1.54) is 42.0 Å². The Morgan fingerprint density at radius 1 is 1.27 bits per heavy atom. The topological polar surface area (TPSA) is 56.3 Å². The number of amides is 1. The maximum atomic E-state index is 11.6. The minimum atomic E-state index is -0.0539. The van der Waals surface area contributed by atoms with Crippen LogP contribution in [0.2, 0.25) is 0 Å². The van der Waals surface area contributed by atoms with E-state index in [4.69, 9.17) is 17.3 Å². The lowest BCUT2D eigenvalue weighted by Gasteiger charge is -2.14. The highest BCUT2D eigenvalue weighted by Crippen LogP contribution is 2.44. The third-order valence-electron chi connectivity index (χ3n) is 5.12. The van der Waals surface area contributed by atoms with Crippen molar-refractivity contribution in [3.05, 3.63) is 46.0 Å². The number of rotatable bonds is 7. The molecular formula is C19H26N5OS+. The molecule has 2 aromatic rings. The summed E-state index contributed by atoms with van der Waals surface area (Å²) in [6.45, 7) is 1.63. The van der Waals surface area contributed by atoms with Crippen molar-refractivity contribution in [3.8, 4) is 0 Å². The molecule has 2 N–H and O–H groups in total. The van der Waals surface area contributed by atoms with Crippen molar-refractivity contribution < 1.29 is 9.69 Å². The zero-order valence-corrected chi connectivity index (χ0v) is 16.2. The van der Waals surface area contributed by atoms with Crippen LogP contribution in [0.3, 0.4) is 0 Å². The molecule has 2 aliphatic rings. The lowest BCUT2D eigenvalue weighted by atomic mass is 10.1. The number of nitrogens with one attached hydrogen (secondary N) is 2. The lowest BCUT2D eigenvalue weighted by Crippen LogP contribution is -3.07. The Labute approximate surface area is 158 Å². The Morgan fingerprint density at radius 3 is 2.54 bits per heavy atom. The molecule has 0 aliphatic heterocycles. The average molecular weight is 373 g/mol. The van der Waals surface area contributed by atoms with Crippen LogP contribution in [0.1, 0.15) is 59.4 Å². The molecule has 1 heterocycles. The third-order valence-corrected chi connectivity index (χ3v) is 5.53. The van der Waals surface area contributed by atoms with Gasteiger partial charge in [0.05, 0.1) is 7.05 Å². The van der Waals surface area contributed by atoms with Crippen molar-refractivity contribution in [2.75, 3.05) is 14.1 Å². The molecule has 138 valence electrons. The van der Waals surface area contributed by atoms with Crippen molar-refractivity contribution in [3.63, 3.8) is 0 Å². The van der Waals surface area contributed by atoms with Gasteiger partial charge in [0.25, 0.3) is 5.91 Å². The van der Waals surface area contributed by atoms with Gasteiger partial charge in [-0.05, 0) is 50.0 Å². The lowest BCUT2D eigenvalue weighted by molar-refractivity contribution is -0.917. The molecule has 0 bridgehead atoms. The molecular weight excluding hydrogens is 346 g/mol. The summed E-state index contributed by atoms with van der Waals surface area (Å²) in [5.74, 6) is 1.78. The van der Waals surface area contributed by atoms with Crippen LogP contribution in [-0.2, 0) is 13.2 Å². The summed E-state index contributed by atoms with van der Waals surface area (Å²) in [5.41, 5.74) is 1.89. The predicted molar refractivity (Wildman–Crippen MR) is 102 cm³/mol. The van der Waals surface area contributed by atoms with Gasteiger partial charge < -0.3 is 14.8 Å². The molecule has 0 radical (unpaired) electrons. The highest BCUT2D eigenvalue weighted by Gasteiger charge is 2.36. The summed E-state index contributed by atoms with van der Waals surface area (Å²) in [6.07, 6.45) is 4.97. The van der Waals surface area contributed by atoms with Crippen LogP contribution in [-0.4, -0.2) is 34.4 Å². The Hall–Kier alpha value is -1.99. The highest BCUT2D eigenvalue weighted by atomic mass is 32.1. The van der Waals surface area contributed by atoms with E-state index in [9.17, 15) is 4.79 Å². The summed E-state index contributed by atoms with van der Waals surface area (Å²) < 4.78 is 5.21. The fourth-order valence-corrected chi connectivity index (χ4v) is 3.76. The standard InChI is InChI=1S/C19H25N5OS/c1-20-18(25)15-5-3-13(4-6-15)11-22(2)12-23-19(26)24(16-9-10-16)17(21-23)14-7-8-14/h3-6,14,16H,7-12H2,1-2H3,(H,20,25)/p+1. The molecule has 1 aromatic heterocycles. The van der Waals surface area contributed by atoms with E-state index in [1.54, 1.807) is 7.05 Å². The molecule has 4 rings (SSSR count). The van der Waals surface area contributed by atoms with Crippen LogP contribution in [0.15, 0.2) is 24.3 Å². The van der Waals surface area contributed by atoms with Gasteiger partial charge in [-0.2, -0.15) is 9.78 Å². The van der Waals surface area contributed by atoms with E-state index in [-0.39, 0.29) is 5.91 Å². The van der Waals surface area contributed by atoms with Crippen LogP contribution in [0.5, 0.6) is 0 Å². The van der Waals surface area contributed by atoms with Gasteiger partial charge in [0.2, 0.25) is 4.77 Å². The van der Waals surface area contributed by atoms with E-state index < -0.39 is 0 Å². The Morgan fingerprint density at radius 2 is 1.96 bits per heavy atom. The summed E-state index contributed by atoms with van der Waals surface area (Å²) in [7, 11) is 3.80. The molecule has 2 aliphatic carbocycles. The number of carbonyl (C=O) groups excluding carboxylic acids is 1. The van der Waals surface area contributed by atoms with Crippen LogP contribution in [0, 0.1) is 4.77 Å². The normalized spacial score (nSPS) is 17.9. The molecule has 2 fully saturated rings. The van der Waals surface area contributed by atoms with E-state index in [1.807, 2.05) is 28.9 Å². The fraction of sp³-hybridized carbons (Fsp3) is 0.526. The van der Waals surface area contributed by atoms with Gasteiger partial charge in [0.15, 0.2) is 6.67 Å². The second-order valence-electron chi connectivity index (χ2n) is 7.58. The first-order valence-electron chi connectivity index (χ1n) is 9.38.